The second-order valence-corrected chi connectivity index (χ2v) is 6.85. The fraction of sp³-hybridized carbons (Fsp3) is 0.714. The lowest BCUT2D eigenvalue weighted by atomic mass is 9.99. The van der Waals surface area contributed by atoms with E-state index in [4.69, 9.17) is 10.5 Å². The Morgan fingerprint density at radius 3 is 2.82 bits per heavy atom. The molecule has 0 aromatic rings. The summed E-state index contributed by atoms with van der Waals surface area (Å²) >= 11 is 0. The molecule has 126 valence electrons. The van der Waals surface area contributed by atoms with Crippen molar-refractivity contribution >= 4 is 23.2 Å². The topological polar surface area (TPSA) is 97.0 Å². The maximum atomic E-state index is 12.1. The van der Waals surface area contributed by atoms with Crippen LogP contribution in [0.15, 0.2) is 15.7 Å². The van der Waals surface area contributed by atoms with Gasteiger partial charge in [-0.15, -0.1) is 0 Å². The van der Waals surface area contributed by atoms with Gasteiger partial charge in [-0.1, -0.05) is 6.92 Å². The van der Waals surface area contributed by atoms with Gasteiger partial charge in [-0.3, -0.25) is 9.71 Å². The molecule has 3 N–H and O–H groups in total. The molecule has 22 heavy (non-hydrogen) atoms. The average molecular weight is 330 g/mol. The van der Waals surface area contributed by atoms with E-state index < -0.39 is 17.0 Å². The first-order valence-corrected chi connectivity index (χ1v) is 8.47. The number of primary amides is 1. The smallest absolute Gasteiger partial charge is 0.324 e. The van der Waals surface area contributed by atoms with Crippen LogP contribution in [0, 0.1) is 5.92 Å². The highest BCUT2D eigenvalue weighted by atomic mass is 32.2. The van der Waals surface area contributed by atoms with Gasteiger partial charge >= 0.3 is 6.03 Å². The van der Waals surface area contributed by atoms with Crippen molar-refractivity contribution in [2.45, 2.75) is 32.7 Å². The number of ether oxygens (including phenoxy) is 1. The SMILES string of the molecule is CCC1C[C@@H](CN(C)C)CO/C(C)=C(\S(=O)NC(N)=O)C=N1. The Bertz CT molecular complexity index is 477. The fourth-order valence-corrected chi connectivity index (χ4v) is 3.10. The first-order valence-electron chi connectivity index (χ1n) is 7.32. The van der Waals surface area contributed by atoms with Crippen LogP contribution in [0.3, 0.4) is 0 Å². The van der Waals surface area contributed by atoms with E-state index in [1.807, 2.05) is 14.1 Å². The maximum absolute atomic E-state index is 12.1. The van der Waals surface area contributed by atoms with E-state index in [-0.39, 0.29) is 6.04 Å². The van der Waals surface area contributed by atoms with Crippen LogP contribution in [0.2, 0.25) is 0 Å². The Morgan fingerprint density at radius 1 is 1.59 bits per heavy atom. The number of nitrogens with two attached hydrogens (primary N) is 1. The quantitative estimate of drug-likeness (QED) is 0.786. The van der Waals surface area contributed by atoms with Crippen LogP contribution in [0.25, 0.3) is 0 Å². The van der Waals surface area contributed by atoms with Crippen LogP contribution in [0.4, 0.5) is 4.79 Å². The van der Waals surface area contributed by atoms with Crippen LogP contribution in [0.1, 0.15) is 26.7 Å². The van der Waals surface area contributed by atoms with Gasteiger partial charge in [-0.25, -0.2) is 9.00 Å². The minimum absolute atomic E-state index is 0.139. The molecular formula is C14H26N4O3S. The third-order valence-electron chi connectivity index (χ3n) is 3.38. The minimum atomic E-state index is -1.76. The van der Waals surface area contributed by atoms with Crippen LogP contribution < -0.4 is 10.5 Å². The van der Waals surface area contributed by atoms with Crippen LogP contribution >= 0.6 is 0 Å². The number of hydrogen-bond acceptors (Lipinski definition) is 5. The molecule has 0 bridgehead atoms. The Labute approximate surface area is 134 Å². The molecule has 0 radical (unpaired) electrons. The summed E-state index contributed by atoms with van der Waals surface area (Å²) in [6.07, 6.45) is 3.33. The number of hydrogen-bond donors (Lipinski definition) is 2. The molecule has 0 spiro atoms. The third kappa shape index (κ3) is 6.15. The van der Waals surface area contributed by atoms with E-state index in [2.05, 4.69) is 21.5 Å². The average Bonchev–Trinajstić information content (AvgIpc) is 2.48. The summed E-state index contributed by atoms with van der Waals surface area (Å²) in [4.78, 5) is 17.9. The van der Waals surface area contributed by atoms with Crippen molar-refractivity contribution in [3.8, 4) is 0 Å². The summed E-state index contributed by atoms with van der Waals surface area (Å²) in [7, 11) is 2.29. The van der Waals surface area contributed by atoms with Crippen molar-refractivity contribution in [1.82, 2.24) is 9.62 Å². The molecule has 1 aliphatic heterocycles. The molecule has 0 aromatic heterocycles. The standard InChI is InChI=1S/C14H26N4O3S/c1-5-12-6-11(8-18(3)4)9-21-10(2)13(7-16-12)22(20)17-14(15)19/h7,11-12H,5-6,8-9H2,1-4H3,(H3,15,17,19)/b13-10-,16-7?/t11-,12?,22?/m0/s1. The van der Waals surface area contributed by atoms with Gasteiger partial charge in [0.2, 0.25) is 0 Å². The molecule has 2 amide bonds. The predicted octanol–water partition coefficient (Wildman–Crippen LogP) is 0.997. The van der Waals surface area contributed by atoms with Gasteiger partial charge in [0.15, 0.2) is 11.0 Å². The number of nitrogens with zero attached hydrogens (tertiary/aromatic N) is 2. The predicted molar refractivity (Wildman–Crippen MR) is 88.7 cm³/mol. The van der Waals surface area contributed by atoms with Crippen molar-refractivity contribution in [2.75, 3.05) is 27.2 Å². The molecule has 1 aliphatic rings. The molecule has 7 nitrogen and oxygen atoms in total. The van der Waals surface area contributed by atoms with E-state index in [1.165, 1.54) is 6.21 Å². The lowest BCUT2D eigenvalue weighted by molar-refractivity contribution is 0.137. The molecule has 0 aromatic carbocycles. The summed E-state index contributed by atoms with van der Waals surface area (Å²) in [6.45, 7) is 5.22. The van der Waals surface area contributed by atoms with Crippen molar-refractivity contribution in [3.05, 3.63) is 10.7 Å². The molecule has 0 saturated heterocycles. The Hall–Kier alpha value is -1.41. The third-order valence-corrected chi connectivity index (χ3v) is 4.56. The fourth-order valence-electron chi connectivity index (χ4n) is 2.33. The van der Waals surface area contributed by atoms with Crippen molar-refractivity contribution in [2.24, 2.45) is 16.6 Å². The van der Waals surface area contributed by atoms with Gasteiger partial charge in [0.05, 0.1) is 12.6 Å². The molecule has 0 saturated carbocycles. The van der Waals surface area contributed by atoms with Crippen LogP contribution in [-0.4, -0.2) is 54.6 Å². The second-order valence-electron chi connectivity index (χ2n) is 5.67. The normalized spacial score (nSPS) is 27.5. The monoisotopic (exact) mass is 330 g/mol. The summed E-state index contributed by atoms with van der Waals surface area (Å²) in [5.74, 6) is 0.834. The first-order chi connectivity index (χ1) is 10.3. The van der Waals surface area contributed by atoms with Gasteiger partial charge in [0.25, 0.3) is 0 Å². The zero-order chi connectivity index (χ0) is 16.7. The Kier molecular flexibility index (Phi) is 7.53. The number of carbonyl (C=O) groups is 1. The van der Waals surface area contributed by atoms with Crippen LogP contribution in [0.5, 0.6) is 0 Å². The summed E-state index contributed by atoms with van der Waals surface area (Å²) < 4.78 is 20.0. The molecule has 3 atom stereocenters. The van der Waals surface area contributed by atoms with Gasteiger partial charge in [-0.05, 0) is 33.9 Å². The van der Waals surface area contributed by atoms with Crippen LogP contribution in [-0.2, 0) is 15.7 Å². The minimum Gasteiger partial charge on any atom is -0.496 e. The molecule has 1 heterocycles. The van der Waals surface area contributed by atoms with E-state index >= 15 is 0 Å². The highest BCUT2D eigenvalue weighted by Gasteiger charge is 2.21. The highest BCUT2D eigenvalue weighted by molar-refractivity contribution is 7.88. The maximum Gasteiger partial charge on any atom is 0.324 e. The Morgan fingerprint density at radius 2 is 2.27 bits per heavy atom. The van der Waals surface area contributed by atoms with Crippen molar-refractivity contribution in [3.63, 3.8) is 0 Å². The van der Waals surface area contributed by atoms with Crippen molar-refractivity contribution < 1.29 is 13.7 Å². The zero-order valence-electron chi connectivity index (χ0n) is 13.7. The highest BCUT2D eigenvalue weighted by Crippen LogP contribution is 2.19. The molecular weight excluding hydrogens is 304 g/mol. The number of allylic oxidation sites excluding steroid dienone is 2. The molecule has 1 rings (SSSR count). The van der Waals surface area contributed by atoms with E-state index in [9.17, 15) is 9.00 Å². The molecule has 0 fully saturated rings. The van der Waals surface area contributed by atoms with E-state index in [0.717, 1.165) is 19.4 Å². The van der Waals surface area contributed by atoms with E-state index in [1.54, 1.807) is 6.92 Å². The molecule has 2 unspecified atom stereocenters. The van der Waals surface area contributed by atoms with Gasteiger partial charge < -0.3 is 15.4 Å². The van der Waals surface area contributed by atoms with E-state index in [0.29, 0.717) is 23.2 Å². The number of carbonyl (C=O) groups excluding carboxylic acids is 1. The summed E-state index contributed by atoms with van der Waals surface area (Å²) in [5.41, 5.74) is 5.02. The molecule has 0 aliphatic carbocycles. The number of nitrogens with one attached hydrogen (secondary N) is 1. The largest absolute Gasteiger partial charge is 0.496 e. The summed E-state index contributed by atoms with van der Waals surface area (Å²) in [5, 5.41) is 0. The molecule has 8 heteroatoms. The second kappa shape index (κ2) is 8.89. The number of aliphatic imine (C=N–C) groups is 1. The number of rotatable bonds is 5. The Balaban J connectivity index is 2.98. The first kappa shape index (κ1) is 18.6. The number of amides is 2. The lowest BCUT2D eigenvalue weighted by Gasteiger charge is -2.23. The zero-order valence-corrected chi connectivity index (χ0v) is 14.5. The lowest BCUT2D eigenvalue weighted by Crippen LogP contribution is -2.32. The number of urea groups is 1. The van der Waals surface area contributed by atoms with Gasteiger partial charge in [0, 0.05) is 18.7 Å². The van der Waals surface area contributed by atoms with Gasteiger partial charge in [-0.2, -0.15) is 0 Å². The van der Waals surface area contributed by atoms with Gasteiger partial charge in [0.1, 0.15) is 10.7 Å². The summed E-state index contributed by atoms with van der Waals surface area (Å²) in [6, 6.07) is -0.704. The van der Waals surface area contributed by atoms with Crippen molar-refractivity contribution in [1.29, 1.82) is 0 Å².